The fourth-order valence-electron chi connectivity index (χ4n) is 1.15. The number of rotatable bonds is 4. The molecule has 0 fully saturated rings. The maximum absolute atomic E-state index is 11.7. The molecule has 0 aliphatic heterocycles. The Kier molecular flexibility index (Phi) is 7.19. The number of nitrogens with one attached hydrogen (secondary N) is 1. The predicted octanol–water partition coefficient (Wildman–Crippen LogP) is 2.47. The van der Waals surface area contributed by atoms with Gasteiger partial charge in [-0.05, 0) is 30.2 Å². The molecule has 3 nitrogen and oxygen atoms in total. The minimum Gasteiger partial charge on any atom is -0.350 e. The number of hydrogen-bond donors (Lipinski definition) is 2. The Morgan fingerprint density at radius 1 is 1.35 bits per heavy atom. The van der Waals surface area contributed by atoms with Crippen molar-refractivity contribution >= 4 is 29.9 Å². The second-order valence-corrected chi connectivity index (χ2v) is 4.56. The molecule has 96 valence electrons. The van der Waals surface area contributed by atoms with Gasteiger partial charge in [-0.2, -0.15) is 0 Å². The summed E-state index contributed by atoms with van der Waals surface area (Å²) < 4.78 is 0. The molecule has 0 heterocycles. The second kappa shape index (κ2) is 7.54. The van der Waals surface area contributed by atoms with Gasteiger partial charge in [-0.1, -0.05) is 25.4 Å². The molecule has 0 saturated heterocycles. The lowest BCUT2D eigenvalue weighted by Crippen LogP contribution is -2.40. The van der Waals surface area contributed by atoms with E-state index in [1.165, 1.54) is 0 Å². The molecule has 0 aromatic heterocycles. The standard InChI is InChI=1S/C12H17ClN2O.ClH/c1-8(2)11(14)7-15-12(16)9-3-5-10(13)6-4-9;/h3-6,8,11H,7,14H2,1-2H3,(H,15,16);1H. The molecule has 3 N–H and O–H groups in total. The van der Waals surface area contributed by atoms with Gasteiger partial charge in [-0.25, -0.2) is 0 Å². The summed E-state index contributed by atoms with van der Waals surface area (Å²) in [6, 6.07) is 6.76. The van der Waals surface area contributed by atoms with Gasteiger partial charge in [-0.3, -0.25) is 4.79 Å². The normalized spacial score (nSPS) is 11.8. The Labute approximate surface area is 113 Å². The minimum absolute atomic E-state index is 0. The quantitative estimate of drug-likeness (QED) is 0.888. The Balaban J connectivity index is 0.00000256. The van der Waals surface area contributed by atoms with E-state index in [2.05, 4.69) is 5.32 Å². The topological polar surface area (TPSA) is 55.1 Å². The molecule has 0 saturated carbocycles. The zero-order valence-corrected chi connectivity index (χ0v) is 11.5. The lowest BCUT2D eigenvalue weighted by atomic mass is 10.1. The molecular formula is C12H18Cl2N2O. The average molecular weight is 277 g/mol. The van der Waals surface area contributed by atoms with E-state index in [1.807, 2.05) is 13.8 Å². The van der Waals surface area contributed by atoms with Crippen LogP contribution in [0.1, 0.15) is 24.2 Å². The van der Waals surface area contributed by atoms with Gasteiger partial charge in [-0.15, -0.1) is 12.4 Å². The average Bonchev–Trinajstić information content (AvgIpc) is 2.26. The highest BCUT2D eigenvalue weighted by Crippen LogP contribution is 2.09. The van der Waals surface area contributed by atoms with Crippen molar-refractivity contribution in [3.8, 4) is 0 Å². The number of carbonyl (C=O) groups is 1. The van der Waals surface area contributed by atoms with Crippen LogP contribution in [0.5, 0.6) is 0 Å². The Morgan fingerprint density at radius 2 is 1.88 bits per heavy atom. The van der Waals surface area contributed by atoms with E-state index in [0.29, 0.717) is 23.0 Å². The van der Waals surface area contributed by atoms with Gasteiger partial charge in [0.2, 0.25) is 0 Å². The molecule has 1 unspecified atom stereocenters. The van der Waals surface area contributed by atoms with Crippen LogP contribution >= 0.6 is 24.0 Å². The summed E-state index contributed by atoms with van der Waals surface area (Å²) in [6.45, 7) is 4.54. The van der Waals surface area contributed by atoms with Crippen molar-refractivity contribution in [1.82, 2.24) is 5.32 Å². The monoisotopic (exact) mass is 276 g/mol. The summed E-state index contributed by atoms with van der Waals surface area (Å²) in [5.41, 5.74) is 6.43. The van der Waals surface area contributed by atoms with E-state index in [0.717, 1.165) is 0 Å². The van der Waals surface area contributed by atoms with Crippen LogP contribution in [0.2, 0.25) is 5.02 Å². The summed E-state index contributed by atoms with van der Waals surface area (Å²) in [6.07, 6.45) is 0. The van der Waals surface area contributed by atoms with Crippen LogP contribution in [0.4, 0.5) is 0 Å². The van der Waals surface area contributed by atoms with E-state index < -0.39 is 0 Å². The first kappa shape index (κ1) is 16.2. The third-order valence-electron chi connectivity index (χ3n) is 2.46. The summed E-state index contributed by atoms with van der Waals surface area (Å²) in [7, 11) is 0. The number of halogens is 2. The van der Waals surface area contributed by atoms with Gasteiger partial charge < -0.3 is 11.1 Å². The summed E-state index contributed by atoms with van der Waals surface area (Å²) in [5, 5.41) is 3.41. The molecule has 1 atom stereocenters. The first-order chi connectivity index (χ1) is 7.50. The van der Waals surface area contributed by atoms with Crippen molar-refractivity contribution in [2.45, 2.75) is 19.9 Å². The summed E-state index contributed by atoms with van der Waals surface area (Å²) in [5.74, 6) is 0.235. The first-order valence-corrected chi connectivity index (χ1v) is 5.68. The zero-order valence-electron chi connectivity index (χ0n) is 9.94. The zero-order chi connectivity index (χ0) is 12.1. The van der Waals surface area contributed by atoms with Crippen LogP contribution in [0.25, 0.3) is 0 Å². The van der Waals surface area contributed by atoms with Crippen LogP contribution in [-0.2, 0) is 0 Å². The van der Waals surface area contributed by atoms with Gasteiger partial charge in [0.25, 0.3) is 5.91 Å². The summed E-state index contributed by atoms with van der Waals surface area (Å²) in [4.78, 5) is 11.7. The predicted molar refractivity (Wildman–Crippen MR) is 73.8 cm³/mol. The highest BCUT2D eigenvalue weighted by molar-refractivity contribution is 6.30. The van der Waals surface area contributed by atoms with Gasteiger partial charge in [0, 0.05) is 23.2 Å². The molecule has 0 spiro atoms. The Morgan fingerprint density at radius 3 is 2.35 bits per heavy atom. The maximum Gasteiger partial charge on any atom is 0.251 e. The van der Waals surface area contributed by atoms with E-state index in [1.54, 1.807) is 24.3 Å². The van der Waals surface area contributed by atoms with E-state index in [-0.39, 0.29) is 24.4 Å². The van der Waals surface area contributed by atoms with E-state index in [9.17, 15) is 4.79 Å². The molecule has 1 aromatic carbocycles. The third-order valence-corrected chi connectivity index (χ3v) is 2.71. The van der Waals surface area contributed by atoms with Crippen LogP contribution in [0.3, 0.4) is 0 Å². The first-order valence-electron chi connectivity index (χ1n) is 5.30. The van der Waals surface area contributed by atoms with Crippen molar-refractivity contribution < 1.29 is 4.79 Å². The molecule has 1 aromatic rings. The number of benzene rings is 1. The maximum atomic E-state index is 11.7. The van der Waals surface area contributed by atoms with Crippen molar-refractivity contribution in [1.29, 1.82) is 0 Å². The van der Waals surface area contributed by atoms with Crippen molar-refractivity contribution in [3.63, 3.8) is 0 Å². The molecule has 17 heavy (non-hydrogen) atoms. The highest BCUT2D eigenvalue weighted by atomic mass is 35.5. The molecule has 1 rings (SSSR count). The third kappa shape index (κ3) is 5.39. The van der Waals surface area contributed by atoms with Gasteiger partial charge >= 0.3 is 0 Å². The van der Waals surface area contributed by atoms with Crippen molar-refractivity contribution in [2.24, 2.45) is 11.7 Å². The second-order valence-electron chi connectivity index (χ2n) is 4.12. The number of nitrogens with two attached hydrogens (primary N) is 1. The minimum atomic E-state index is -0.118. The molecule has 1 amide bonds. The largest absolute Gasteiger partial charge is 0.350 e. The Bertz CT molecular complexity index is 352. The van der Waals surface area contributed by atoms with E-state index >= 15 is 0 Å². The van der Waals surface area contributed by atoms with Gasteiger partial charge in [0.1, 0.15) is 0 Å². The van der Waals surface area contributed by atoms with Gasteiger partial charge in [0.05, 0.1) is 0 Å². The van der Waals surface area contributed by atoms with Crippen molar-refractivity contribution in [3.05, 3.63) is 34.9 Å². The number of carbonyl (C=O) groups excluding carboxylic acids is 1. The molecule has 0 radical (unpaired) electrons. The Hall–Kier alpha value is -0.770. The molecular weight excluding hydrogens is 259 g/mol. The number of hydrogen-bond acceptors (Lipinski definition) is 2. The molecule has 0 bridgehead atoms. The van der Waals surface area contributed by atoms with E-state index in [4.69, 9.17) is 17.3 Å². The van der Waals surface area contributed by atoms with Crippen LogP contribution in [0, 0.1) is 5.92 Å². The van der Waals surface area contributed by atoms with Crippen LogP contribution < -0.4 is 11.1 Å². The lowest BCUT2D eigenvalue weighted by molar-refractivity contribution is 0.0949. The molecule has 0 aliphatic rings. The lowest BCUT2D eigenvalue weighted by Gasteiger charge is -2.16. The van der Waals surface area contributed by atoms with Crippen LogP contribution in [-0.4, -0.2) is 18.5 Å². The molecule has 5 heteroatoms. The molecule has 0 aliphatic carbocycles. The van der Waals surface area contributed by atoms with Crippen LogP contribution in [0.15, 0.2) is 24.3 Å². The smallest absolute Gasteiger partial charge is 0.251 e. The number of amides is 1. The summed E-state index contributed by atoms with van der Waals surface area (Å²) >= 11 is 5.73. The fraction of sp³-hybridized carbons (Fsp3) is 0.417. The van der Waals surface area contributed by atoms with Crippen molar-refractivity contribution in [2.75, 3.05) is 6.54 Å². The highest BCUT2D eigenvalue weighted by Gasteiger charge is 2.10. The van der Waals surface area contributed by atoms with Gasteiger partial charge in [0.15, 0.2) is 0 Å². The SMILES string of the molecule is CC(C)C(N)CNC(=O)c1ccc(Cl)cc1.Cl. The fourth-order valence-corrected chi connectivity index (χ4v) is 1.28.